The highest BCUT2D eigenvalue weighted by Crippen LogP contribution is 2.31. The third-order valence-electron chi connectivity index (χ3n) is 2.54. The van der Waals surface area contributed by atoms with Crippen LogP contribution in [0.4, 0.5) is 0 Å². The number of hydrogen-bond acceptors (Lipinski definition) is 3. The summed E-state index contributed by atoms with van der Waals surface area (Å²) < 4.78 is 5.29. The van der Waals surface area contributed by atoms with Gasteiger partial charge in [-0.2, -0.15) is 0 Å². The molecule has 1 rings (SSSR count). The number of carbonyl (C=O) groups excluding carboxylic acids is 1. The summed E-state index contributed by atoms with van der Waals surface area (Å²) in [4.78, 5) is 11.3. The molecule has 0 aromatic carbocycles. The fourth-order valence-electron chi connectivity index (χ4n) is 1.40. The quantitative estimate of drug-likeness (QED) is 0.711. The van der Waals surface area contributed by atoms with Gasteiger partial charge in [-0.3, -0.25) is 4.79 Å². The Morgan fingerprint density at radius 1 is 1.50 bits per heavy atom. The second kappa shape index (κ2) is 7.87. The highest BCUT2D eigenvalue weighted by atomic mass is 35.5. The first-order valence-corrected chi connectivity index (χ1v) is 5.73. The van der Waals surface area contributed by atoms with E-state index in [9.17, 15) is 4.79 Å². The van der Waals surface area contributed by atoms with Gasteiger partial charge < -0.3 is 15.8 Å². The molecule has 1 fully saturated rings. The predicted molar refractivity (Wildman–Crippen MR) is 66.7 cm³/mol. The van der Waals surface area contributed by atoms with Crippen LogP contribution >= 0.6 is 12.4 Å². The molecule has 1 aliphatic carbocycles. The first-order chi connectivity index (χ1) is 7.09. The SMILES string of the molecule is CC(C)OCCC(=O)NCC(N)C1CC1.Cl. The Morgan fingerprint density at radius 3 is 2.62 bits per heavy atom. The van der Waals surface area contributed by atoms with Crippen LogP contribution < -0.4 is 11.1 Å². The molecule has 4 nitrogen and oxygen atoms in total. The Bertz CT molecular complexity index is 208. The van der Waals surface area contributed by atoms with Gasteiger partial charge in [-0.25, -0.2) is 0 Å². The lowest BCUT2D eigenvalue weighted by Gasteiger charge is -2.12. The van der Waals surface area contributed by atoms with Crippen molar-refractivity contribution in [2.24, 2.45) is 11.7 Å². The zero-order valence-corrected chi connectivity index (χ0v) is 10.9. The van der Waals surface area contributed by atoms with Gasteiger partial charge in [0.15, 0.2) is 0 Å². The predicted octanol–water partition coefficient (Wildman–Crippen LogP) is 1.08. The maximum absolute atomic E-state index is 11.3. The molecular formula is C11H23ClN2O2. The first kappa shape index (κ1) is 15.7. The third kappa shape index (κ3) is 7.04. The van der Waals surface area contributed by atoms with Crippen molar-refractivity contribution >= 4 is 18.3 Å². The van der Waals surface area contributed by atoms with E-state index in [0.717, 1.165) is 0 Å². The van der Waals surface area contributed by atoms with Crippen LogP contribution in [-0.2, 0) is 9.53 Å². The van der Waals surface area contributed by atoms with Gasteiger partial charge in [-0.05, 0) is 32.6 Å². The molecule has 1 amide bonds. The molecule has 3 N–H and O–H groups in total. The lowest BCUT2D eigenvalue weighted by atomic mass is 10.2. The maximum Gasteiger partial charge on any atom is 0.222 e. The summed E-state index contributed by atoms with van der Waals surface area (Å²) in [6.07, 6.45) is 3.04. The van der Waals surface area contributed by atoms with E-state index < -0.39 is 0 Å². The summed E-state index contributed by atoms with van der Waals surface area (Å²) >= 11 is 0. The van der Waals surface area contributed by atoms with E-state index in [0.29, 0.717) is 25.5 Å². The van der Waals surface area contributed by atoms with Crippen molar-refractivity contribution in [3.05, 3.63) is 0 Å². The number of rotatable bonds is 7. The molecule has 0 saturated heterocycles. The molecule has 5 heteroatoms. The molecule has 0 bridgehead atoms. The molecule has 1 saturated carbocycles. The van der Waals surface area contributed by atoms with Gasteiger partial charge in [-0.15, -0.1) is 12.4 Å². The molecule has 1 atom stereocenters. The van der Waals surface area contributed by atoms with Gasteiger partial charge in [0.05, 0.1) is 12.7 Å². The molecule has 16 heavy (non-hydrogen) atoms. The van der Waals surface area contributed by atoms with Gasteiger partial charge in [-0.1, -0.05) is 0 Å². The topological polar surface area (TPSA) is 64.3 Å². The molecule has 0 radical (unpaired) electrons. The average Bonchev–Trinajstić information content (AvgIpc) is 2.96. The van der Waals surface area contributed by atoms with Crippen molar-refractivity contribution in [1.82, 2.24) is 5.32 Å². The van der Waals surface area contributed by atoms with Gasteiger partial charge in [0, 0.05) is 19.0 Å². The largest absolute Gasteiger partial charge is 0.378 e. The van der Waals surface area contributed by atoms with E-state index in [1.54, 1.807) is 0 Å². The standard InChI is InChI=1S/C11H22N2O2.ClH/c1-8(2)15-6-5-11(14)13-7-10(12)9-3-4-9;/h8-10H,3-7,12H2,1-2H3,(H,13,14);1H. The molecule has 0 aromatic heterocycles. The number of nitrogens with one attached hydrogen (secondary N) is 1. The summed E-state index contributed by atoms with van der Waals surface area (Å²) in [5, 5.41) is 2.83. The smallest absolute Gasteiger partial charge is 0.222 e. The zero-order chi connectivity index (χ0) is 11.3. The number of hydrogen-bond donors (Lipinski definition) is 2. The van der Waals surface area contributed by atoms with Crippen LogP contribution in [0.15, 0.2) is 0 Å². The summed E-state index contributed by atoms with van der Waals surface area (Å²) in [7, 11) is 0. The van der Waals surface area contributed by atoms with Crippen molar-refractivity contribution in [3.63, 3.8) is 0 Å². The number of nitrogens with two attached hydrogens (primary N) is 1. The zero-order valence-electron chi connectivity index (χ0n) is 10.1. The van der Waals surface area contributed by atoms with Crippen LogP contribution in [0.25, 0.3) is 0 Å². The fourth-order valence-corrected chi connectivity index (χ4v) is 1.40. The van der Waals surface area contributed by atoms with Crippen LogP contribution in [0.1, 0.15) is 33.1 Å². The normalized spacial score (nSPS) is 16.8. The molecule has 1 aliphatic rings. The van der Waals surface area contributed by atoms with E-state index in [2.05, 4.69) is 5.32 Å². The van der Waals surface area contributed by atoms with Crippen molar-refractivity contribution in [2.45, 2.75) is 45.3 Å². The van der Waals surface area contributed by atoms with E-state index in [4.69, 9.17) is 10.5 Å². The summed E-state index contributed by atoms with van der Waals surface area (Å²) in [5.41, 5.74) is 5.86. The molecule has 0 aliphatic heterocycles. The highest BCUT2D eigenvalue weighted by Gasteiger charge is 2.28. The van der Waals surface area contributed by atoms with Crippen LogP contribution in [0, 0.1) is 5.92 Å². The van der Waals surface area contributed by atoms with Crippen molar-refractivity contribution in [2.75, 3.05) is 13.2 Å². The van der Waals surface area contributed by atoms with Crippen molar-refractivity contribution in [1.29, 1.82) is 0 Å². The number of carbonyl (C=O) groups is 1. The Morgan fingerprint density at radius 2 is 2.12 bits per heavy atom. The van der Waals surface area contributed by atoms with Crippen LogP contribution in [0.5, 0.6) is 0 Å². The highest BCUT2D eigenvalue weighted by molar-refractivity contribution is 5.85. The Balaban J connectivity index is 0.00000225. The third-order valence-corrected chi connectivity index (χ3v) is 2.54. The van der Waals surface area contributed by atoms with E-state index >= 15 is 0 Å². The van der Waals surface area contributed by atoms with E-state index in [1.165, 1.54) is 12.8 Å². The minimum Gasteiger partial charge on any atom is -0.378 e. The molecular weight excluding hydrogens is 228 g/mol. The van der Waals surface area contributed by atoms with Crippen LogP contribution in [0.3, 0.4) is 0 Å². The summed E-state index contributed by atoms with van der Waals surface area (Å²) in [6.45, 7) is 5.01. The lowest BCUT2D eigenvalue weighted by Crippen LogP contribution is -2.38. The maximum atomic E-state index is 11.3. The number of ether oxygens (including phenoxy) is 1. The Hall–Kier alpha value is -0.320. The monoisotopic (exact) mass is 250 g/mol. The number of halogens is 1. The fraction of sp³-hybridized carbons (Fsp3) is 0.909. The van der Waals surface area contributed by atoms with Gasteiger partial charge >= 0.3 is 0 Å². The van der Waals surface area contributed by atoms with Gasteiger partial charge in [0.25, 0.3) is 0 Å². The van der Waals surface area contributed by atoms with Crippen molar-refractivity contribution < 1.29 is 9.53 Å². The first-order valence-electron chi connectivity index (χ1n) is 5.73. The van der Waals surface area contributed by atoms with Gasteiger partial charge in [0.2, 0.25) is 5.91 Å². The van der Waals surface area contributed by atoms with Crippen molar-refractivity contribution in [3.8, 4) is 0 Å². The average molecular weight is 251 g/mol. The molecule has 0 heterocycles. The molecule has 0 aromatic rings. The van der Waals surface area contributed by atoms with Crippen LogP contribution in [-0.4, -0.2) is 31.2 Å². The molecule has 1 unspecified atom stereocenters. The number of amides is 1. The van der Waals surface area contributed by atoms with Gasteiger partial charge in [0.1, 0.15) is 0 Å². The molecule has 0 spiro atoms. The lowest BCUT2D eigenvalue weighted by molar-refractivity contribution is -0.122. The Kier molecular flexibility index (Phi) is 7.72. The van der Waals surface area contributed by atoms with E-state index in [-0.39, 0.29) is 30.5 Å². The minimum absolute atomic E-state index is 0. The summed E-state index contributed by atoms with van der Waals surface area (Å²) in [6, 6.07) is 0.139. The second-order valence-electron chi connectivity index (χ2n) is 4.47. The summed E-state index contributed by atoms with van der Waals surface area (Å²) in [5.74, 6) is 0.670. The minimum atomic E-state index is 0. The second-order valence-corrected chi connectivity index (χ2v) is 4.47. The van der Waals surface area contributed by atoms with Crippen LogP contribution in [0.2, 0.25) is 0 Å². The molecule has 96 valence electrons. The Labute approximate surface area is 104 Å². The van der Waals surface area contributed by atoms with E-state index in [1.807, 2.05) is 13.8 Å².